The molecule has 0 aliphatic rings. The van der Waals surface area contributed by atoms with Gasteiger partial charge in [0, 0.05) is 6.04 Å². The Labute approximate surface area is 109 Å². The first-order chi connectivity index (χ1) is 8.21. The van der Waals surface area contributed by atoms with Crippen LogP contribution in [0.15, 0.2) is 18.2 Å². The minimum atomic E-state index is 0.468. The summed E-state index contributed by atoms with van der Waals surface area (Å²) in [5.41, 5.74) is 1.53. The molecule has 1 aromatic carbocycles. The van der Waals surface area contributed by atoms with Crippen LogP contribution in [0.25, 0.3) is 0 Å². The average molecular weight is 251 g/mol. The van der Waals surface area contributed by atoms with Crippen LogP contribution in [0, 0.1) is 11.3 Å². The molecule has 1 aromatic rings. The van der Waals surface area contributed by atoms with Crippen LogP contribution in [0.2, 0.25) is 5.02 Å². The molecule has 0 fully saturated rings. The molecule has 0 saturated carbocycles. The molecule has 0 aliphatic carbocycles. The standard InChI is InChI=1S/C14H19ClN2/c1-3-5-12(6-4-2)17-14-8-7-11(10-16)9-13(14)15/h7-9,12,17H,3-6H2,1-2H3. The summed E-state index contributed by atoms with van der Waals surface area (Å²) >= 11 is 6.14. The molecule has 0 saturated heterocycles. The zero-order valence-corrected chi connectivity index (χ0v) is 11.2. The molecule has 92 valence electrons. The van der Waals surface area contributed by atoms with Crippen molar-refractivity contribution in [2.45, 2.75) is 45.6 Å². The Kier molecular flexibility index (Phi) is 5.86. The summed E-state index contributed by atoms with van der Waals surface area (Å²) in [7, 11) is 0. The quantitative estimate of drug-likeness (QED) is 0.801. The normalized spacial score (nSPS) is 10.3. The van der Waals surface area contributed by atoms with Crippen molar-refractivity contribution in [3.05, 3.63) is 28.8 Å². The van der Waals surface area contributed by atoms with Crippen molar-refractivity contribution in [2.24, 2.45) is 0 Å². The van der Waals surface area contributed by atoms with Gasteiger partial charge in [0.15, 0.2) is 0 Å². The van der Waals surface area contributed by atoms with Crippen molar-refractivity contribution in [2.75, 3.05) is 5.32 Å². The third-order valence-electron chi connectivity index (χ3n) is 2.73. The molecule has 0 bridgehead atoms. The van der Waals surface area contributed by atoms with E-state index in [-0.39, 0.29) is 0 Å². The lowest BCUT2D eigenvalue weighted by molar-refractivity contribution is 0.586. The fourth-order valence-electron chi connectivity index (χ4n) is 1.91. The van der Waals surface area contributed by atoms with Gasteiger partial charge in [-0.05, 0) is 31.0 Å². The first kappa shape index (κ1) is 13.9. The van der Waals surface area contributed by atoms with Gasteiger partial charge in [-0.2, -0.15) is 5.26 Å². The SMILES string of the molecule is CCCC(CCC)Nc1ccc(C#N)cc1Cl. The number of benzene rings is 1. The molecule has 2 nitrogen and oxygen atoms in total. The predicted octanol–water partition coefficient (Wildman–Crippen LogP) is 4.59. The molecular formula is C14H19ClN2. The van der Waals surface area contributed by atoms with E-state index in [0.717, 1.165) is 31.4 Å². The van der Waals surface area contributed by atoms with Gasteiger partial charge in [-0.1, -0.05) is 38.3 Å². The topological polar surface area (TPSA) is 35.8 Å². The lowest BCUT2D eigenvalue weighted by atomic mass is 10.1. The number of nitriles is 1. The minimum Gasteiger partial charge on any atom is -0.381 e. The van der Waals surface area contributed by atoms with Crippen LogP contribution in [-0.4, -0.2) is 6.04 Å². The van der Waals surface area contributed by atoms with Crippen LogP contribution >= 0.6 is 11.6 Å². The maximum Gasteiger partial charge on any atom is 0.0992 e. The van der Waals surface area contributed by atoms with E-state index < -0.39 is 0 Å². The van der Waals surface area contributed by atoms with E-state index in [9.17, 15) is 0 Å². The molecule has 0 radical (unpaired) electrons. The molecule has 17 heavy (non-hydrogen) atoms. The largest absolute Gasteiger partial charge is 0.381 e. The summed E-state index contributed by atoms with van der Waals surface area (Å²) in [6.07, 6.45) is 4.60. The zero-order chi connectivity index (χ0) is 12.7. The fraction of sp³-hybridized carbons (Fsp3) is 0.500. The average Bonchev–Trinajstić information content (AvgIpc) is 2.32. The van der Waals surface area contributed by atoms with E-state index in [1.807, 2.05) is 6.07 Å². The fourth-order valence-corrected chi connectivity index (χ4v) is 2.14. The number of halogens is 1. The van der Waals surface area contributed by atoms with E-state index in [1.165, 1.54) is 0 Å². The highest BCUT2D eigenvalue weighted by Crippen LogP contribution is 2.25. The highest BCUT2D eigenvalue weighted by Gasteiger charge is 2.09. The molecule has 3 heteroatoms. The molecular weight excluding hydrogens is 232 g/mol. The highest BCUT2D eigenvalue weighted by atomic mass is 35.5. The maximum atomic E-state index is 8.77. The van der Waals surface area contributed by atoms with E-state index in [2.05, 4.69) is 25.2 Å². The summed E-state index contributed by atoms with van der Waals surface area (Å²) in [4.78, 5) is 0. The van der Waals surface area contributed by atoms with Crippen LogP contribution < -0.4 is 5.32 Å². The van der Waals surface area contributed by atoms with Gasteiger partial charge >= 0.3 is 0 Å². The Morgan fingerprint density at radius 3 is 2.41 bits per heavy atom. The van der Waals surface area contributed by atoms with Crippen molar-refractivity contribution in [1.29, 1.82) is 5.26 Å². The van der Waals surface area contributed by atoms with Crippen molar-refractivity contribution in [3.63, 3.8) is 0 Å². The van der Waals surface area contributed by atoms with Crippen molar-refractivity contribution >= 4 is 17.3 Å². The van der Waals surface area contributed by atoms with Gasteiger partial charge in [0.1, 0.15) is 0 Å². The second-order valence-electron chi connectivity index (χ2n) is 4.23. The molecule has 0 aliphatic heterocycles. The van der Waals surface area contributed by atoms with Crippen LogP contribution in [0.1, 0.15) is 45.1 Å². The maximum absolute atomic E-state index is 8.77. The second-order valence-corrected chi connectivity index (χ2v) is 4.63. The number of rotatable bonds is 6. The van der Waals surface area contributed by atoms with Crippen molar-refractivity contribution < 1.29 is 0 Å². The Bertz CT molecular complexity index is 390. The van der Waals surface area contributed by atoms with Gasteiger partial charge < -0.3 is 5.32 Å². The van der Waals surface area contributed by atoms with Gasteiger partial charge in [0.25, 0.3) is 0 Å². The molecule has 1 rings (SSSR count). The summed E-state index contributed by atoms with van der Waals surface area (Å²) in [6, 6.07) is 7.94. The number of anilines is 1. The predicted molar refractivity (Wildman–Crippen MR) is 73.4 cm³/mol. The van der Waals surface area contributed by atoms with E-state index in [1.54, 1.807) is 12.1 Å². The highest BCUT2D eigenvalue weighted by molar-refractivity contribution is 6.33. The second kappa shape index (κ2) is 7.19. The lowest BCUT2D eigenvalue weighted by Gasteiger charge is -2.19. The molecule has 0 amide bonds. The van der Waals surface area contributed by atoms with Crippen LogP contribution in [-0.2, 0) is 0 Å². The summed E-state index contributed by atoms with van der Waals surface area (Å²) in [5.74, 6) is 0. The van der Waals surface area contributed by atoms with Crippen LogP contribution in [0.3, 0.4) is 0 Å². The van der Waals surface area contributed by atoms with Gasteiger partial charge in [-0.15, -0.1) is 0 Å². The minimum absolute atomic E-state index is 0.468. The summed E-state index contributed by atoms with van der Waals surface area (Å²) in [6.45, 7) is 4.37. The molecule has 0 unspecified atom stereocenters. The molecule has 0 spiro atoms. The Morgan fingerprint density at radius 2 is 1.94 bits per heavy atom. The first-order valence-electron chi connectivity index (χ1n) is 6.17. The van der Waals surface area contributed by atoms with Gasteiger partial charge in [-0.3, -0.25) is 0 Å². The van der Waals surface area contributed by atoms with E-state index in [4.69, 9.17) is 16.9 Å². The van der Waals surface area contributed by atoms with Crippen molar-refractivity contribution in [3.8, 4) is 6.07 Å². The monoisotopic (exact) mass is 250 g/mol. The molecule has 0 aromatic heterocycles. The van der Waals surface area contributed by atoms with Crippen LogP contribution in [0.5, 0.6) is 0 Å². The number of nitrogens with one attached hydrogen (secondary N) is 1. The van der Waals surface area contributed by atoms with Gasteiger partial charge in [0.2, 0.25) is 0 Å². The summed E-state index contributed by atoms with van der Waals surface area (Å²) < 4.78 is 0. The van der Waals surface area contributed by atoms with E-state index >= 15 is 0 Å². The molecule has 1 N–H and O–H groups in total. The lowest BCUT2D eigenvalue weighted by Crippen LogP contribution is -2.19. The third-order valence-corrected chi connectivity index (χ3v) is 3.04. The molecule has 0 heterocycles. The number of nitrogens with zero attached hydrogens (tertiary/aromatic N) is 1. The summed E-state index contributed by atoms with van der Waals surface area (Å²) in [5, 5.41) is 12.9. The van der Waals surface area contributed by atoms with Crippen molar-refractivity contribution in [1.82, 2.24) is 0 Å². The van der Waals surface area contributed by atoms with Crippen LogP contribution in [0.4, 0.5) is 5.69 Å². The first-order valence-corrected chi connectivity index (χ1v) is 6.55. The smallest absolute Gasteiger partial charge is 0.0992 e. The Balaban J connectivity index is 2.75. The zero-order valence-electron chi connectivity index (χ0n) is 10.5. The number of hydrogen-bond acceptors (Lipinski definition) is 2. The van der Waals surface area contributed by atoms with Gasteiger partial charge in [0.05, 0.1) is 22.3 Å². The molecule has 0 atom stereocenters. The van der Waals surface area contributed by atoms with E-state index in [0.29, 0.717) is 16.6 Å². The third kappa shape index (κ3) is 4.28. The Hall–Kier alpha value is -1.20. The number of hydrogen-bond donors (Lipinski definition) is 1. The Morgan fingerprint density at radius 1 is 1.29 bits per heavy atom. The van der Waals surface area contributed by atoms with Gasteiger partial charge in [-0.25, -0.2) is 0 Å².